The molecule has 1 aromatic heterocycles. The molecule has 0 unspecified atom stereocenters. The zero-order valence-electron chi connectivity index (χ0n) is 12.0. The van der Waals surface area contributed by atoms with Crippen LogP contribution in [-0.2, 0) is 12.0 Å². The molecule has 0 amide bonds. The molecule has 0 spiro atoms. The van der Waals surface area contributed by atoms with Crippen molar-refractivity contribution in [1.29, 1.82) is 0 Å². The van der Waals surface area contributed by atoms with Gasteiger partial charge in [0.05, 0.1) is 5.69 Å². The third-order valence-electron chi connectivity index (χ3n) is 2.85. The van der Waals surface area contributed by atoms with Crippen LogP contribution in [0, 0.1) is 0 Å². The Morgan fingerprint density at radius 2 is 2.14 bits per heavy atom. The first-order chi connectivity index (χ1) is 9.77. The van der Waals surface area contributed by atoms with Gasteiger partial charge in [-0.3, -0.25) is 0 Å². The van der Waals surface area contributed by atoms with Crippen LogP contribution in [0.3, 0.4) is 0 Å². The lowest BCUT2D eigenvalue weighted by Crippen LogP contribution is -2.11. The van der Waals surface area contributed by atoms with Crippen molar-refractivity contribution >= 4 is 28.9 Å². The van der Waals surface area contributed by atoms with Crippen LogP contribution < -0.4 is 4.74 Å². The number of thiazole rings is 1. The van der Waals surface area contributed by atoms with Crippen LogP contribution in [0.5, 0.6) is 5.75 Å². The maximum atomic E-state index is 11.1. The van der Waals surface area contributed by atoms with E-state index in [-0.39, 0.29) is 23.3 Å². The van der Waals surface area contributed by atoms with Gasteiger partial charge in [-0.15, -0.1) is 11.3 Å². The highest BCUT2D eigenvalue weighted by molar-refractivity contribution is 7.09. The van der Waals surface area contributed by atoms with Gasteiger partial charge in [0.25, 0.3) is 0 Å². The van der Waals surface area contributed by atoms with Gasteiger partial charge in [-0.2, -0.15) is 0 Å². The number of hydrogen-bond acceptors (Lipinski definition) is 4. The summed E-state index contributed by atoms with van der Waals surface area (Å²) in [6.07, 6.45) is 0. The number of nitrogens with zero attached hydrogens (tertiary/aromatic N) is 1. The minimum absolute atomic E-state index is 0.0168. The third-order valence-corrected chi connectivity index (χ3v) is 3.90. The van der Waals surface area contributed by atoms with Gasteiger partial charge in [-0.05, 0) is 18.2 Å². The van der Waals surface area contributed by atoms with Crippen LogP contribution in [-0.4, -0.2) is 16.1 Å². The van der Waals surface area contributed by atoms with E-state index >= 15 is 0 Å². The highest BCUT2D eigenvalue weighted by Crippen LogP contribution is 2.27. The van der Waals surface area contributed by atoms with E-state index < -0.39 is 5.97 Å². The van der Waals surface area contributed by atoms with E-state index in [4.69, 9.17) is 21.4 Å². The van der Waals surface area contributed by atoms with Crippen molar-refractivity contribution in [3.05, 3.63) is 44.9 Å². The highest BCUT2D eigenvalue weighted by Gasteiger charge is 2.18. The molecule has 1 aromatic carbocycles. The van der Waals surface area contributed by atoms with E-state index in [1.54, 1.807) is 0 Å². The normalized spacial score (nSPS) is 11.4. The van der Waals surface area contributed by atoms with Gasteiger partial charge in [-0.25, -0.2) is 9.78 Å². The molecule has 0 aliphatic heterocycles. The summed E-state index contributed by atoms with van der Waals surface area (Å²) in [5.41, 5.74) is 1.07. The number of rotatable bonds is 4. The Bertz CT molecular complexity index is 661. The van der Waals surface area contributed by atoms with Gasteiger partial charge < -0.3 is 9.84 Å². The van der Waals surface area contributed by atoms with E-state index in [0.29, 0.717) is 5.02 Å². The van der Waals surface area contributed by atoms with Crippen molar-refractivity contribution in [3.8, 4) is 5.75 Å². The predicted molar refractivity (Wildman–Crippen MR) is 83.6 cm³/mol. The molecular weight excluding hydrogens is 310 g/mol. The molecule has 1 N–H and O–H groups in total. The molecule has 2 aromatic rings. The maximum absolute atomic E-state index is 11.1. The number of hydrogen-bond donors (Lipinski definition) is 1. The lowest BCUT2D eigenvalue weighted by atomic mass is 9.93. The van der Waals surface area contributed by atoms with Gasteiger partial charge in [-0.1, -0.05) is 32.4 Å². The zero-order valence-corrected chi connectivity index (χ0v) is 13.6. The Hall–Kier alpha value is -1.59. The SMILES string of the molecule is CC(C)(C)c1csc(COc2cc(Cl)ccc2C(=O)O)n1. The average molecular weight is 326 g/mol. The predicted octanol–water partition coefficient (Wildman–Crippen LogP) is 4.37. The largest absolute Gasteiger partial charge is 0.485 e. The fourth-order valence-corrected chi connectivity index (χ4v) is 2.75. The van der Waals surface area contributed by atoms with Gasteiger partial charge in [0.1, 0.15) is 22.9 Å². The molecule has 0 saturated heterocycles. The summed E-state index contributed by atoms with van der Waals surface area (Å²) in [4.78, 5) is 15.7. The van der Waals surface area contributed by atoms with Crippen LogP contribution in [0.1, 0.15) is 41.8 Å². The lowest BCUT2D eigenvalue weighted by molar-refractivity contribution is 0.0692. The topological polar surface area (TPSA) is 59.4 Å². The van der Waals surface area contributed by atoms with Crippen molar-refractivity contribution in [1.82, 2.24) is 4.98 Å². The second-order valence-corrected chi connectivity index (χ2v) is 6.99. The monoisotopic (exact) mass is 325 g/mol. The van der Waals surface area contributed by atoms with E-state index in [1.807, 2.05) is 5.38 Å². The third kappa shape index (κ3) is 3.95. The second kappa shape index (κ2) is 6.03. The van der Waals surface area contributed by atoms with Crippen LogP contribution in [0.2, 0.25) is 5.02 Å². The maximum Gasteiger partial charge on any atom is 0.339 e. The highest BCUT2D eigenvalue weighted by atomic mass is 35.5. The van der Waals surface area contributed by atoms with Crippen molar-refractivity contribution in [2.24, 2.45) is 0 Å². The first-order valence-corrected chi connectivity index (χ1v) is 7.63. The number of ether oxygens (including phenoxy) is 1. The molecule has 0 aliphatic rings. The molecule has 0 fully saturated rings. The Morgan fingerprint density at radius 1 is 1.43 bits per heavy atom. The molecule has 0 aliphatic carbocycles. The fourth-order valence-electron chi connectivity index (χ4n) is 1.65. The van der Waals surface area contributed by atoms with E-state index in [0.717, 1.165) is 10.7 Å². The van der Waals surface area contributed by atoms with Crippen molar-refractivity contribution in [3.63, 3.8) is 0 Å². The summed E-state index contributed by atoms with van der Waals surface area (Å²) in [7, 11) is 0. The minimum Gasteiger partial charge on any atom is -0.485 e. The van der Waals surface area contributed by atoms with Gasteiger partial charge in [0.15, 0.2) is 0 Å². The molecule has 21 heavy (non-hydrogen) atoms. The molecule has 112 valence electrons. The number of carboxylic acids is 1. The van der Waals surface area contributed by atoms with Gasteiger partial charge in [0.2, 0.25) is 0 Å². The Morgan fingerprint density at radius 3 is 2.71 bits per heavy atom. The number of benzene rings is 1. The van der Waals surface area contributed by atoms with E-state index in [1.165, 1.54) is 29.5 Å². The smallest absolute Gasteiger partial charge is 0.339 e. The summed E-state index contributed by atoms with van der Waals surface area (Å²) >= 11 is 7.38. The van der Waals surface area contributed by atoms with E-state index in [2.05, 4.69) is 25.8 Å². The summed E-state index contributed by atoms with van der Waals surface area (Å²) in [5.74, 6) is -0.793. The van der Waals surface area contributed by atoms with Crippen molar-refractivity contribution in [2.75, 3.05) is 0 Å². The number of halogens is 1. The van der Waals surface area contributed by atoms with Crippen molar-refractivity contribution in [2.45, 2.75) is 32.8 Å². The Kier molecular flexibility index (Phi) is 4.54. The molecular formula is C15H16ClNO3S. The zero-order chi connectivity index (χ0) is 15.6. The lowest BCUT2D eigenvalue weighted by Gasteiger charge is -2.14. The first-order valence-electron chi connectivity index (χ1n) is 6.38. The summed E-state index contributed by atoms with van der Waals surface area (Å²) < 4.78 is 5.57. The number of carbonyl (C=O) groups is 1. The van der Waals surface area contributed by atoms with Crippen LogP contribution >= 0.6 is 22.9 Å². The second-order valence-electron chi connectivity index (χ2n) is 5.61. The molecule has 0 atom stereocenters. The van der Waals surface area contributed by atoms with Crippen LogP contribution in [0.4, 0.5) is 0 Å². The van der Waals surface area contributed by atoms with Gasteiger partial charge in [0, 0.05) is 15.8 Å². The summed E-state index contributed by atoms with van der Waals surface area (Å²) in [5, 5.41) is 12.4. The molecule has 0 radical (unpaired) electrons. The molecule has 2 rings (SSSR count). The minimum atomic E-state index is -1.05. The fraction of sp³-hybridized carbons (Fsp3) is 0.333. The van der Waals surface area contributed by atoms with Gasteiger partial charge >= 0.3 is 5.97 Å². The number of carboxylic acid groups (broad SMARTS) is 1. The van der Waals surface area contributed by atoms with Crippen LogP contribution in [0.15, 0.2) is 23.6 Å². The summed E-state index contributed by atoms with van der Waals surface area (Å²) in [6.45, 7) is 6.49. The molecule has 1 heterocycles. The molecule has 4 nitrogen and oxygen atoms in total. The van der Waals surface area contributed by atoms with Crippen molar-refractivity contribution < 1.29 is 14.6 Å². The standard InChI is InChI=1S/C15H16ClNO3S/c1-15(2,3)12-8-21-13(17-12)7-20-11-6-9(16)4-5-10(11)14(18)19/h4-6,8H,7H2,1-3H3,(H,18,19). The first kappa shape index (κ1) is 15.8. The Labute approximate surface area is 132 Å². The number of aromatic carboxylic acids is 1. The Balaban J connectivity index is 2.15. The van der Waals surface area contributed by atoms with E-state index in [9.17, 15) is 4.79 Å². The molecule has 0 saturated carbocycles. The average Bonchev–Trinajstić information content (AvgIpc) is 2.84. The quantitative estimate of drug-likeness (QED) is 0.906. The molecule has 6 heteroatoms. The summed E-state index contributed by atoms with van der Waals surface area (Å²) in [6, 6.07) is 4.46. The van der Waals surface area contributed by atoms with Crippen LogP contribution in [0.25, 0.3) is 0 Å². The molecule has 0 bridgehead atoms. The number of aromatic nitrogens is 1.